The molecule has 1 amide bonds. The maximum Gasteiger partial charge on any atom is 0.387 e. The van der Waals surface area contributed by atoms with Crippen LogP contribution in [0, 0.1) is 0 Å². The molecule has 25 heavy (non-hydrogen) atoms. The second kappa shape index (κ2) is 7.51. The first-order valence-electron chi connectivity index (χ1n) is 8.18. The Hall–Kier alpha value is -2.63. The first-order valence-corrected chi connectivity index (χ1v) is 8.18. The number of amides is 1. The van der Waals surface area contributed by atoms with E-state index in [2.05, 4.69) is 27.9 Å². The zero-order chi connectivity index (χ0) is 17.8. The number of ether oxygens (including phenoxy) is 1. The van der Waals surface area contributed by atoms with Crippen LogP contribution in [-0.2, 0) is 17.8 Å². The summed E-state index contributed by atoms with van der Waals surface area (Å²) < 4.78 is 28.5. The number of benzene rings is 2. The summed E-state index contributed by atoms with van der Waals surface area (Å²) in [5.41, 5.74) is 3.20. The smallest absolute Gasteiger partial charge is 0.387 e. The lowest BCUT2D eigenvalue weighted by atomic mass is 10.1. The average Bonchev–Trinajstić information content (AvgIpc) is 2.89. The van der Waals surface area contributed by atoms with E-state index in [1.54, 1.807) is 12.1 Å². The molecule has 0 aromatic heterocycles. The third-order valence-electron chi connectivity index (χ3n) is 4.30. The van der Waals surface area contributed by atoms with Crippen LogP contribution in [0.4, 0.5) is 14.5 Å². The lowest BCUT2D eigenvalue weighted by Gasteiger charge is -2.24. The summed E-state index contributed by atoms with van der Waals surface area (Å²) in [5.74, 6) is 0.0315. The number of alkyl halides is 2. The molecular weight excluding hydrogens is 326 g/mol. The fourth-order valence-electron chi connectivity index (χ4n) is 3.07. The molecule has 0 spiro atoms. The van der Waals surface area contributed by atoms with Gasteiger partial charge in [0.1, 0.15) is 5.75 Å². The molecule has 132 valence electrons. The van der Waals surface area contributed by atoms with E-state index in [0.29, 0.717) is 13.1 Å². The van der Waals surface area contributed by atoms with E-state index in [-0.39, 0.29) is 17.7 Å². The van der Waals surface area contributed by atoms with Gasteiger partial charge in [-0.1, -0.05) is 30.3 Å². The summed E-state index contributed by atoms with van der Waals surface area (Å²) in [4.78, 5) is 14.4. The fraction of sp³-hybridized carbons (Fsp3) is 0.316. The summed E-state index contributed by atoms with van der Waals surface area (Å²) in [5, 5.41) is 2.87. The Morgan fingerprint density at radius 2 is 1.96 bits per heavy atom. The molecule has 1 aliphatic heterocycles. The molecule has 1 unspecified atom stereocenters. The molecule has 0 saturated carbocycles. The highest BCUT2D eigenvalue weighted by Crippen LogP contribution is 2.31. The molecule has 0 fully saturated rings. The van der Waals surface area contributed by atoms with Crippen LogP contribution in [0.5, 0.6) is 5.75 Å². The third-order valence-corrected chi connectivity index (χ3v) is 4.30. The second-order valence-electron chi connectivity index (χ2n) is 6.11. The molecular formula is C19H20F2N2O2. The molecule has 6 heteroatoms. The van der Waals surface area contributed by atoms with E-state index in [4.69, 9.17) is 0 Å². The van der Waals surface area contributed by atoms with Gasteiger partial charge in [-0.3, -0.25) is 4.79 Å². The van der Waals surface area contributed by atoms with Crippen LogP contribution in [-0.4, -0.2) is 25.1 Å². The van der Waals surface area contributed by atoms with Crippen LogP contribution in [0.2, 0.25) is 0 Å². The van der Waals surface area contributed by atoms with Crippen molar-refractivity contribution in [3.8, 4) is 5.75 Å². The molecule has 0 saturated heterocycles. The highest BCUT2D eigenvalue weighted by Gasteiger charge is 2.26. The number of hydrogen-bond acceptors (Lipinski definition) is 3. The second-order valence-corrected chi connectivity index (χ2v) is 6.11. The monoisotopic (exact) mass is 346 g/mol. The van der Waals surface area contributed by atoms with E-state index < -0.39 is 6.61 Å². The number of carbonyl (C=O) groups excluding carboxylic acids is 1. The minimum absolute atomic E-state index is 0.0727. The van der Waals surface area contributed by atoms with Gasteiger partial charge in [0.25, 0.3) is 0 Å². The number of carbonyl (C=O) groups is 1. The number of para-hydroxylation sites is 1. The minimum Gasteiger partial charge on any atom is -0.435 e. The van der Waals surface area contributed by atoms with Crippen molar-refractivity contribution in [2.45, 2.75) is 32.5 Å². The minimum atomic E-state index is -2.84. The van der Waals surface area contributed by atoms with E-state index in [1.807, 2.05) is 18.2 Å². The molecule has 1 N–H and O–H groups in total. The summed E-state index contributed by atoms with van der Waals surface area (Å²) >= 11 is 0. The zero-order valence-electron chi connectivity index (χ0n) is 13.9. The van der Waals surface area contributed by atoms with Crippen LogP contribution < -0.4 is 15.0 Å². The maximum absolute atomic E-state index is 12.3. The van der Waals surface area contributed by atoms with Crippen LogP contribution in [0.25, 0.3) is 0 Å². The average molecular weight is 346 g/mol. The van der Waals surface area contributed by atoms with Gasteiger partial charge in [-0.25, -0.2) is 0 Å². The molecule has 2 aromatic rings. The third kappa shape index (κ3) is 4.26. The summed E-state index contributed by atoms with van der Waals surface area (Å²) in [6, 6.07) is 14.6. The summed E-state index contributed by atoms with van der Waals surface area (Å²) in [6.07, 6.45) is 0.940. The van der Waals surface area contributed by atoms with Crippen LogP contribution in [0.15, 0.2) is 48.5 Å². The first-order chi connectivity index (χ1) is 12.0. The molecule has 2 aromatic carbocycles. The van der Waals surface area contributed by atoms with E-state index in [1.165, 1.54) is 17.7 Å². The Morgan fingerprint density at radius 3 is 2.68 bits per heavy atom. The van der Waals surface area contributed by atoms with E-state index >= 15 is 0 Å². The van der Waals surface area contributed by atoms with Crippen LogP contribution in [0.1, 0.15) is 18.1 Å². The number of nitrogens with one attached hydrogen (secondary N) is 1. The fourth-order valence-corrected chi connectivity index (χ4v) is 3.07. The van der Waals surface area contributed by atoms with Crippen molar-refractivity contribution in [1.82, 2.24) is 5.32 Å². The molecule has 0 bridgehead atoms. The number of nitrogens with zero attached hydrogens (tertiary/aromatic N) is 1. The van der Waals surface area contributed by atoms with Gasteiger partial charge in [0.05, 0.1) is 6.54 Å². The SMILES string of the molecule is CC1Cc2ccccc2N1CC(=O)NCc1ccc(OC(F)F)cc1. The van der Waals surface area contributed by atoms with Crippen molar-refractivity contribution in [3.63, 3.8) is 0 Å². The predicted molar refractivity (Wildman–Crippen MR) is 91.9 cm³/mol. The number of halogens is 2. The predicted octanol–water partition coefficient (Wildman–Crippen LogP) is 3.36. The highest BCUT2D eigenvalue weighted by atomic mass is 19.3. The van der Waals surface area contributed by atoms with Crippen LogP contribution >= 0.6 is 0 Å². The Bertz CT molecular complexity index is 734. The molecule has 1 aliphatic rings. The van der Waals surface area contributed by atoms with Crippen molar-refractivity contribution in [1.29, 1.82) is 0 Å². The van der Waals surface area contributed by atoms with Gasteiger partial charge >= 0.3 is 6.61 Å². The molecule has 4 nitrogen and oxygen atoms in total. The van der Waals surface area contributed by atoms with Gasteiger partial charge in [0, 0.05) is 18.3 Å². The van der Waals surface area contributed by atoms with Gasteiger partial charge < -0.3 is 15.0 Å². The van der Waals surface area contributed by atoms with Crippen molar-refractivity contribution in [2.75, 3.05) is 11.4 Å². The Labute approximate surface area is 145 Å². The number of rotatable bonds is 6. The van der Waals surface area contributed by atoms with Gasteiger partial charge in [0.2, 0.25) is 5.91 Å². The standard InChI is InChI=1S/C19H20F2N2O2/c1-13-10-15-4-2-3-5-17(15)23(13)12-18(24)22-11-14-6-8-16(9-7-14)25-19(20)21/h2-9,13,19H,10-12H2,1H3,(H,22,24). The lowest BCUT2D eigenvalue weighted by molar-refractivity contribution is -0.120. The largest absolute Gasteiger partial charge is 0.435 e. The number of anilines is 1. The van der Waals surface area contributed by atoms with Crippen molar-refractivity contribution >= 4 is 11.6 Å². The van der Waals surface area contributed by atoms with Crippen molar-refractivity contribution < 1.29 is 18.3 Å². The normalized spacial score (nSPS) is 16.0. The van der Waals surface area contributed by atoms with Gasteiger partial charge in [0.15, 0.2) is 0 Å². The van der Waals surface area contributed by atoms with Crippen molar-refractivity contribution in [3.05, 3.63) is 59.7 Å². The Kier molecular flexibility index (Phi) is 5.16. The van der Waals surface area contributed by atoms with E-state index in [0.717, 1.165) is 17.7 Å². The highest BCUT2D eigenvalue weighted by molar-refractivity contribution is 5.82. The van der Waals surface area contributed by atoms with Crippen LogP contribution in [0.3, 0.4) is 0 Å². The first kappa shape index (κ1) is 17.2. The quantitative estimate of drug-likeness (QED) is 0.872. The summed E-state index contributed by atoms with van der Waals surface area (Å²) in [7, 11) is 0. The molecule has 0 aliphatic carbocycles. The molecule has 1 heterocycles. The topological polar surface area (TPSA) is 41.6 Å². The zero-order valence-corrected chi connectivity index (χ0v) is 13.9. The molecule has 3 rings (SSSR count). The number of fused-ring (bicyclic) bond motifs is 1. The molecule has 0 radical (unpaired) electrons. The van der Waals surface area contributed by atoms with E-state index in [9.17, 15) is 13.6 Å². The van der Waals surface area contributed by atoms with Gasteiger partial charge in [-0.15, -0.1) is 0 Å². The maximum atomic E-state index is 12.3. The van der Waals surface area contributed by atoms with Crippen molar-refractivity contribution in [2.24, 2.45) is 0 Å². The van der Waals surface area contributed by atoms with Gasteiger partial charge in [-0.05, 0) is 42.7 Å². The Balaban J connectivity index is 1.53. The summed E-state index contributed by atoms with van der Waals surface area (Å²) in [6.45, 7) is -0.0897. The lowest BCUT2D eigenvalue weighted by Crippen LogP contribution is -2.39. The van der Waals surface area contributed by atoms with Gasteiger partial charge in [-0.2, -0.15) is 8.78 Å². The Morgan fingerprint density at radius 1 is 1.24 bits per heavy atom. The number of hydrogen-bond donors (Lipinski definition) is 1. The molecule has 1 atom stereocenters.